The molecule has 20 heavy (non-hydrogen) atoms. The van der Waals surface area contributed by atoms with Crippen molar-refractivity contribution in [3.05, 3.63) is 57.8 Å². The fraction of sp³-hybridized carbons (Fsp3) is 0.333. The average Bonchev–Trinajstić information content (AvgIpc) is 2.41. The van der Waals surface area contributed by atoms with Gasteiger partial charge in [-0.25, -0.2) is 0 Å². The largest absolute Gasteiger partial charge is 0.503 e. The average molecular weight is 273 g/mol. The fourth-order valence-electron chi connectivity index (χ4n) is 2.17. The van der Waals surface area contributed by atoms with Crippen molar-refractivity contribution in [3.63, 3.8) is 0 Å². The third-order valence-electron chi connectivity index (χ3n) is 3.13. The molecule has 0 aliphatic carbocycles. The Balaban J connectivity index is 2.50. The molecule has 0 unspecified atom stereocenters. The van der Waals surface area contributed by atoms with Gasteiger partial charge < -0.3 is 14.6 Å². The number of aryl methyl sites for hydroxylation is 1. The topological polar surface area (TPSA) is 58.4 Å². The lowest BCUT2D eigenvalue weighted by molar-refractivity contribution is 0.364. The highest BCUT2D eigenvalue weighted by atomic mass is 16.3. The minimum Gasteiger partial charge on any atom is -0.503 e. The lowest BCUT2D eigenvalue weighted by Gasteiger charge is -2.20. The van der Waals surface area contributed by atoms with E-state index in [-0.39, 0.29) is 11.2 Å². The van der Waals surface area contributed by atoms with Crippen LogP contribution in [-0.4, -0.2) is 33.7 Å². The van der Waals surface area contributed by atoms with Crippen LogP contribution in [0.4, 0.5) is 0 Å². The predicted octanol–water partition coefficient (Wildman–Crippen LogP) is 1.37. The van der Waals surface area contributed by atoms with Gasteiger partial charge >= 0.3 is 0 Å². The minimum atomic E-state index is -0.332. The Morgan fingerprint density at radius 3 is 2.75 bits per heavy atom. The molecule has 0 aliphatic rings. The molecule has 106 valence electrons. The SMILES string of the molecule is Cc1cc(=O)c(O)c(CN(C)C)n1Cc1cccnc1. The van der Waals surface area contributed by atoms with Crippen LogP contribution in [-0.2, 0) is 13.1 Å². The Hall–Kier alpha value is -2.14. The molecule has 0 fully saturated rings. The minimum absolute atomic E-state index is 0.173. The maximum absolute atomic E-state index is 11.8. The van der Waals surface area contributed by atoms with E-state index in [2.05, 4.69) is 4.98 Å². The zero-order valence-corrected chi connectivity index (χ0v) is 12.0. The molecule has 0 aromatic carbocycles. The van der Waals surface area contributed by atoms with E-state index in [1.165, 1.54) is 6.07 Å². The van der Waals surface area contributed by atoms with Crippen LogP contribution in [0.3, 0.4) is 0 Å². The molecule has 0 aliphatic heterocycles. The lowest BCUT2D eigenvalue weighted by Crippen LogP contribution is -2.22. The molecule has 0 radical (unpaired) electrons. The summed E-state index contributed by atoms with van der Waals surface area (Å²) in [7, 11) is 3.81. The van der Waals surface area contributed by atoms with Crippen molar-refractivity contribution >= 4 is 0 Å². The summed E-state index contributed by atoms with van der Waals surface area (Å²) in [6, 6.07) is 5.31. The van der Waals surface area contributed by atoms with Gasteiger partial charge in [-0.1, -0.05) is 6.07 Å². The Labute approximate surface area is 118 Å². The summed E-state index contributed by atoms with van der Waals surface area (Å²) in [6.45, 7) is 2.95. The molecular weight excluding hydrogens is 254 g/mol. The van der Waals surface area contributed by atoms with Gasteiger partial charge in [0.15, 0.2) is 5.75 Å². The summed E-state index contributed by atoms with van der Waals surface area (Å²) >= 11 is 0. The first-order valence-corrected chi connectivity index (χ1v) is 6.45. The number of pyridine rings is 2. The van der Waals surface area contributed by atoms with Gasteiger partial charge in [0.25, 0.3) is 0 Å². The summed E-state index contributed by atoms with van der Waals surface area (Å²) < 4.78 is 1.95. The van der Waals surface area contributed by atoms with Crippen LogP contribution >= 0.6 is 0 Å². The first kappa shape index (κ1) is 14.3. The summed E-state index contributed by atoms with van der Waals surface area (Å²) in [5.74, 6) is -0.173. The lowest BCUT2D eigenvalue weighted by atomic mass is 10.2. The van der Waals surface area contributed by atoms with Gasteiger partial charge in [-0.05, 0) is 32.6 Å². The fourth-order valence-corrected chi connectivity index (χ4v) is 2.17. The van der Waals surface area contributed by atoms with Gasteiger partial charge in [0.05, 0.1) is 5.69 Å². The standard InChI is InChI=1S/C15H19N3O2/c1-11-7-14(19)15(20)13(10-17(2)3)18(11)9-12-5-4-6-16-8-12/h4-8,20H,9-10H2,1-3H3. The summed E-state index contributed by atoms with van der Waals surface area (Å²) in [5.41, 5.74) is 2.15. The highest BCUT2D eigenvalue weighted by Crippen LogP contribution is 2.17. The summed E-state index contributed by atoms with van der Waals surface area (Å²) in [6.07, 6.45) is 3.51. The number of nitrogens with zero attached hydrogens (tertiary/aromatic N) is 3. The van der Waals surface area contributed by atoms with Crippen LogP contribution in [0.15, 0.2) is 35.4 Å². The molecule has 1 N–H and O–H groups in total. The molecule has 0 amide bonds. The molecule has 2 heterocycles. The van der Waals surface area contributed by atoms with Crippen molar-refractivity contribution < 1.29 is 5.11 Å². The predicted molar refractivity (Wildman–Crippen MR) is 77.8 cm³/mol. The molecule has 0 spiro atoms. The first-order chi connectivity index (χ1) is 9.49. The Morgan fingerprint density at radius 1 is 1.40 bits per heavy atom. The third-order valence-corrected chi connectivity index (χ3v) is 3.13. The third kappa shape index (κ3) is 3.05. The van der Waals surface area contributed by atoms with Crippen LogP contribution in [0.2, 0.25) is 0 Å². The van der Waals surface area contributed by atoms with Crippen LogP contribution in [0.25, 0.3) is 0 Å². The zero-order chi connectivity index (χ0) is 14.7. The second kappa shape index (κ2) is 5.88. The Morgan fingerprint density at radius 2 is 2.15 bits per heavy atom. The van der Waals surface area contributed by atoms with E-state index in [0.29, 0.717) is 18.8 Å². The number of rotatable bonds is 4. The molecule has 0 saturated heterocycles. The molecule has 5 heteroatoms. The van der Waals surface area contributed by atoms with Crippen LogP contribution < -0.4 is 5.43 Å². The van der Waals surface area contributed by atoms with Crippen molar-refractivity contribution in [2.24, 2.45) is 0 Å². The van der Waals surface area contributed by atoms with Gasteiger partial charge in [-0.15, -0.1) is 0 Å². The van der Waals surface area contributed by atoms with Crippen molar-refractivity contribution in [1.82, 2.24) is 14.5 Å². The van der Waals surface area contributed by atoms with E-state index in [1.807, 2.05) is 42.6 Å². The zero-order valence-electron chi connectivity index (χ0n) is 12.0. The first-order valence-electron chi connectivity index (χ1n) is 6.45. The van der Waals surface area contributed by atoms with Gasteiger partial charge in [-0.3, -0.25) is 9.78 Å². The summed E-state index contributed by atoms with van der Waals surface area (Å²) in [4.78, 5) is 17.8. The second-order valence-electron chi connectivity index (χ2n) is 5.13. The number of aromatic hydroxyl groups is 1. The van der Waals surface area contributed by atoms with E-state index >= 15 is 0 Å². The molecule has 0 atom stereocenters. The molecule has 2 aromatic heterocycles. The molecular formula is C15H19N3O2. The molecule has 2 aromatic rings. The quantitative estimate of drug-likeness (QED) is 0.914. The number of hydrogen-bond acceptors (Lipinski definition) is 4. The smallest absolute Gasteiger partial charge is 0.223 e. The summed E-state index contributed by atoms with van der Waals surface area (Å²) in [5, 5.41) is 10.1. The van der Waals surface area contributed by atoms with E-state index in [0.717, 1.165) is 11.3 Å². The van der Waals surface area contributed by atoms with E-state index < -0.39 is 0 Å². The van der Waals surface area contributed by atoms with Crippen molar-refractivity contribution in [2.45, 2.75) is 20.0 Å². The van der Waals surface area contributed by atoms with E-state index in [9.17, 15) is 9.90 Å². The highest BCUT2D eigenvalue weighted by Gasteiger charge is 2.14. The molecule has 0 saturated carbocycles. The Bertz CT molecular complexity index is 648. The van der Waals surface area contributed by atoms with E-state index in [1.54, 1.807) is 12.4 Å². The maximum atomic E-state index is 11.8. The molecule has 5 nitrogen and oxygen atoms in total. The van der Waals surface area contributed by atoms with Gasteiger partial charge in [-0.2, -0.15) is 0 Å². The second-order valence-corrected chi connectivity index (χ2v) is 5.13. The van der Waals surface area contributed by atoms with Gasteiger partial charge in [0, 0.05) is 37.2 Å². The Kier molecular flexibility index (Phi) is 4.20. The number of aromatic nitrogens is 2. The maximum Gasteiger partial charge on any atom is 0.223 e. The van der Waals surface area contributed by atoms with Crippen LogP contribution in [0.1, 0.15) is 17.0 Å². The van der Waals surface area contributed by atoms with Crippen molar-refractivity contribution in [1.29, 1.82) is 0 Å². The van der Waals surface area contributed by atoms with Crippen LogP contribution in [0.5, 0.6) is 5.75 Å². The van der Waals surface area contributed by atoms with E-state index in [4.69, 9.17) is 0 Å². The molecule has 0 bridgehead atoms. The van der Waals surface area contributed by atoms with Gasteiger partial charge in [0.2, 0.25) is 5.43 Å². The van der Waals surface area contributed by atoms with Crippen molar-refractivity contribution in [2.75, 3.05) is 14.1 Å². The number of hydrogen-bond donors (Lipinski definition) is 1. The monoisotopic (exact) mass is 273 g/mol. The highest BCUT2D eigenvalue weighted by molar-refractivity contribution is 5.30. The van der Waals surface area contributed by atoms with Gasteiger partial charge in [0.1, 0.15) is 0 Å². The van der Waals surface area contributed by atoms with Crippen molar-refractivity contribution in [3.8, 4) is 5.75 Å². The molecule has 2 rings (SSSR count). The van der Waals surface area contributed by atoms with Crippen LogP contribution in [0, 0.1) is 6.92 Å². The normalized spacial score (nSPS) is 11.0.